The first kappa shape index (κ1) is 16.7. The molecule has 0 aromatic carbocycles. The zero-order chi connectivity index (χ0) is 17.1. The maximum Gasteiger partial charge on any atom is 0.251 e. The van der Waals surface area contributed by atoms with E-state index < -0.39 is 5.91 Å². The van der Waals surface area contributed by atoms with Crippen LogP contribution in [-0.2, 0) is 11.3 Å². The van der Waals surface area contributed by atoms with E-state index >= 15 is 0 Å². The Labute approximate surface area is 144 Å². The molecule has 1 saturated heterocycles. The van der Waals surface area contributed by atoms with Crippen molar-refractivity contribution < 1.29 is 9.59 Å². The van der Waals surface area contributed by atoms with Gasteiger partial charge in [0.05, 0.1) is 18.2 Å². The lowest BCUT2D eigenvalue weighted by Crippen LogP contribution is -2.46. The Balaban J connectivity index is 1.66. The summed E-state index contributed by atoms with van der Waals surface area (Å²) < 4.78 is 1.90. The summed E-state index contributed by atoms with van der Waals surface area (Å²) in [4.78, 5) is 26.2. The molecule has 128 valence electrons. The average molecular weight is 347 g/mol. The SMILES string of the molecule is CC(C(=O)Nc1sccc1C(N)=O)N1CCCC1Cn1cccn1. The topological polar surface area (TPSA) is 93.2 Å². The molecule has 7 nitrogen and oxygen atoms in total. The number of nitrogens with zero attached hydrogens (tertiary/aromatic N) is 3. The number of hydrogen-bond donors (Lipinski definition) is 2. The van der Waals surface area contributed by atoms with Crippen molar-refractivity contribution in [1.82, 2.24) is 14.7 Å². The maximum absolute atomic E-state index is 12.6. The molecule has 2 unspecified atom stereocenters. The zero-order valence-electron chi connectivity index (χ0n) is 13.5. The smallest absolute Gasteiger partial charge is 0.251 e. The Kier molecular flexibility index (Phi) is 4.96. The average Bonchev–Trinajstić information content (AvgIpc) is 3.28. The molecule has 0 spiro atoms. The largest absolute Gasteiger partial charge is 0.366 e. The van der Waals surface area contributed by atoms with Crippen molar-refractivity contribution in [2.24, 2.45) is 5.73 Å². The van der Waals surface area contributed by atoms with Crippen LogP contribution in [0.1, 0.15) is 30.1 Å². The number of rotatable bonds is 6. The number of anilines is 1. The summed E-state index contributed by atoms with van der Waals surface area (Å²) in [5.74, 6) is -0.649. The van der Waals surface area contributed by atoms with Gasteiger partial charge in [0.25, 0.3) is 5.91 Å². The minimum atomic E-state index is -0.531. The van der Waals surface area contributed by atoms with Crippen LogP contribution in [0.3, 0.4) is 0 Å². The maximum atomic E-state index is 12.6. The highest BCUT2D eigenvalue weighted by molar-refractivity contribution is 7.14. The van der Waals surface area contributed by atoms with Crippen molar-refractivity contribution in [1.29, 1.82) is 0 Å². The Morgan fingerprint density at radius 3 is 3.08 bits per heavy atom. The van der Waals surface area contributed by atoms with Crippen LogP contribution in [0, 0.1) is 0 Å². The quantitative estimate of drug-likeness (QED) is 0.829. The van der Waals surface area contributed by atoms with E-state index in [2.05, 4.69) is 15.3 Å². The summed E-state index contributed by atoms with van der Waals surface area (Å²) in [6.07, 6.45) is 5.81. The molecule has 3 rings (SSSR count). The molecule has 1 aliphatic rings. The molecule has 0 saturated carbocycles. The molecule has 0 radical (unpaired) electrons. The summed E-state index contributed by atoms with van der Waals surface area (Å²) >= 11 is 1.31. The predicted octanol–water partition coefficient (Wildman–Crippen LogP) is 1.54. The van der Waals surface area contributed by atoms with Gasteiger partial charge in [-0.2, -0.15) is 5.10 Å². The van der Waals surface area contributed by atoms with E-state index in [0.29, 0.717) is 10.6 Å². The number of aromatic nitrogens is 2. The third-order valence-corrected chi connectivity index (χ3v) is 5.25. The lowest BCUT2D eigenvalue weighted by Gasteiger charge is -2.29. The first-order valence-electron chi connectivity index (χ1n) is 7.97. The van der Waals surface area contributed by atoms with Gasteiger partial charge in [-0.1, -0.05) is 0 Å². The molecular weight excluding hydrogens is 326 g/mol. The molecule has 3 N–H and O–H groups in total. The standard InChI is InChI=1S/C16H21N5O2S/c1-11(15(23)19-16-13(14(17)22)5-9-24-16)21-8-2-4-12(21)10-20-7-3-6-18-20/h3,5-7,9,11-12H,2,4,8,10H2,1H3,(H2,17,22)(H,19,23). The summed E-state index contributed by atoms with van der Waals surface area (Å²) in [5.41, 5.74) is 5.68. The second-order valence-electron chi connectivity index (χ2n) is 5.95. The van der Waals surface area contributed by atoms with Crippen LogP contribution in [0.4, 0.5) is 5.00 Å². The monoisotopic (exact) mass is 347 g/mol. The van der Waals surface area contributed by atoms with Gasteiger partial charge < -0.3 is 11.1 Å². The first-order valence-corrected chi connectivity index (χ1v) is 8.85. The minimum Gasteiger partial charge on any atom is -0.366 e. The molecule has 2 amide bonds. The van der Waals surface area contributed by atoms with E-state index in [1.807, 2.05) is 23.9 Å². The minimum absolute atomic E-state index is 0.118. The number of amides is 2. The van der Waals surface area contributed by atoms with Crippen LogP contribution in [0.5, 0.6) is 0 Å². The summed E-state index contributed by atoms with van der Waals surface area (Å²) in [6.45, 7) is 3.55. The first-order chi connectivity index (χ1) is 11.6. The molecular formula is C16H21N5O2S. The molecule has 24 heavy (non-hydrogen) atoms. The van der Waals surface area contributed by atoms with Crippen molar-refractivity contribution in [2.75, 3.05) is 11.9 Å². The van der Waals surface area contributed by atoms with Gasteiger partial charge in [-0.05, 0) is 43.8 Å². The molecule has 2 aromatic heterocycles. The van der Waals surface area contributed by atoms with E-state index in [1.165, 1.54) is 11.3 Å². The van der Waals surface area contributed by atoms with Crippen LogP contribution >= 0.6 is 11.3 Å². The number of nitrogens with two attached hydrogens (primary N) is 1. The van der Waals surface area contributed by atoms with Gasteiger partial charge in [0, 0.05) is 18.4 Å². The van der Waals surface area contributed by atoms with Crippen LogP contribution in [0.25, 0.3) is 0 Å². The second-order valence-corrected chi connectivity index (χ2v) is 6.87. The second kappa shape index (κ2) is 7.14. The summed E-state index contributed by atoms with van der Waals surface area (Å²) in [6, 6.07) is 3.53. The van der Waals surface area contributed by atoms with Gasteiger partial charge in [-0.25, -0.2) is 0 Å². The van der Waals surface area contributed by atoms with Crippen molar-refractivity contribution >= 4 is 28.2 Å². The highest BCUT2D eigenvalue weighted by atomic mass is 32.1. The lowest BCUT2D eigenvalue weighted by molar-refractivity contribution is -0.121. The van der Waals surface area contributed by atoms with E-state index in [1.54, 1.807) is 17.6 Å². The lowest BCUT2D eigenvalue weighted by atomic mass is 10.2. The third-order valence-electron chi connectivity index (χ3n) is 4.42. The van der Waals surface area contributed by atoms with E-state index in [-0.39, 0.29) is 18.0 Å². The molecule has 8 heteroatoms. The fraction of sp³-hybridized carbons (Fsp3) is 0.438. The summed E-state index contributed by atoms with van der Waals surface area (Å²) in [7, 11) is 0. The summed E-state index contributed by atoms with van der Waals surface area (Å²) in [5, 5.41) is 9.36. The molecule has 0 bridgehead atoms. The van der Waals surface area contributed by atoms with E-state index in [0.717, 1.165) is 25.9 Å². The number of carbonyl (C=O) groups is 2. The molecule has 3 heterocycles. The highest BCUT2D eigenvalue weighted by Gasteiger charge is 2.32. The van der Waals surface area contributed by atoms with Gasteiger partial charge in [0.2, 0.25) is 5.91 Å². The number of hydrogen-bond acceptors (Lipinski definition) is 5. The normalized spacial score (nSPS) is 19.3. The van der Waals surface area contributed by atoms with Gasteiger partial charge in [-0.15, -0.1) is 11.3 Å². The van der Waals surface area contributed by atoms with Gasteiger partial charge in [0.1, 0.15) is 5.00 Å². The van der Waals surface area contributed by atoms with Gasteiger partial charge in [0.15, 0.2) is 0 Å². The molecule has 0 aliphatic carbocycles. The van der Waals surface area contributed by atoms with E-state index in [4.69, 9.17) is 5.73 Å². The van der Waals surface area contributed by atoms with Gasteiger partial charge in [-0.3, -0.25) is 19.2 Å². The zero-order valence-corrected chi connectivity index (χ0v) is 14.3. The number of thiophene rings is 1. The highest BCUT2D eigenvalue weighted by Crippen LogP contribution is 2.25. The Morgan fingerprint density at radius 1 is 1.54 bits per heavy atom. The van der Waals surface area contributed by atoms with Crippen LogP contribution in [0.15, 0.2) is 29.9 Å². The molecule has 2 atom stereocenters. The Bertz CT molecular complexity index is 712. The fourth-order valence-corrected chi connectivity index (χ4v) is 3.95. The van der Waals surface area contributed by atoms with Crippen molar-refractivity contribution in [3.05, 3.63) is 35.5 Å². The van der Waals surface area contributed by atoms with Crippen LogP contribution < -0.4 is 11.1 Å². The molecule has 1 fully saturated rings. The number of nitrogens with one attached hydrogen (secondary N) is 1. The number of likely N-dealkylation sites (tertiary alicyclic amines) is 1. The molecule has 2 aromatic rings. The van der Waals surface area contributed by atoms with Crippen molar-refractivity contribution in [3.8, 4) is 0 Å². The van der Waals surface area contributed by atoms with Crippen molar-refractivity contribution in [3.63, 3.8) is 0 Å². The predicted molar refractivity (Wildman–Crippen MR) is 92.9 cm³/mol. The number of carbonyl (C=O) groups excluding carboxylic acids is 2. The van der Waals surface area contributed by atoms with Crippen LogP contribution in [-0.4, -0.2) is 45.1 Å². The van der Waals surface area contributed by atoms with Crippen LogP contribution in [0.2, 0.25) is 0 Å². The molecule has 1 aliphatic heterocycles. The Morgan fingerprint density at radius 2 is 2.38 bits per heavy atom. The Hall–Kier alpha value is -2.19. The third kappa shape index (κ3) is 3.49. The van der Waals surface area contributed by atoms with Gasteiger partial charge >= 0.3 is 0 Å². The fourth-order valence-electron chi connectivity index (χ4n) is 3.16. The van der Waals surface area contributed by atoms with Crippen molar-refractivity contribution in [2.45, 2.75) is 38.4 Å². The van der Waals surface area contributed by atoms with E-state index in [9.17, 15) is 9.59 Å². The number of primary amides is 1.